The van der Waals surface area contributed by atoms with Gasteiger partial charge in [0.05, 0.1) is 0 Å². The van der Waals surface area contributed by atoms with Gasteiger partial charge in [-0.1, -0.05) is 0 Å². The van der Waals surface area contributed by atoms with E-state index in [9.17, 15) is 4.39 Å². The summed E-state index contributed by atoms with van der Waals surface area (Å²) in [4.78, 5) is 3.58. The lowest BCUT2D eigenvalue weighted by molar-refractivity contribution is 0.562. The van der Waals surface area contributed by atoms with E-state index in [2.05, 4.69) is 4.98 Å². The van der Waals surface area contributed by atoms with Crippen LogP contribution in [0, 0.1) is 12.9 Å². The quantitative estimate of drug-likeness (QED) is 0.524. The molecular formula is C9H11ClFN. The highest BCUT2D eigenvalue weighted by Crippen LogP contribution is 2.12. The summed E-state index contributed by atoms with van der Waals surface area (Å²) in [6.45, 7) is 1.88. The van der Waals surface area contributed by atoms with Gasteiger partial charge >= 0.3 is 0 Å². The molecule has 0 aliphatic rings. The molecule has 0 N–H and O–H groups in total. The Bertz CT molecular complexity index is 242. The summed E-state index contributed by atoms with van der Waals surface area (Å²) < 4.78 is 13.0. The van der Waals surface area contributed by atoms with Gasteiger partial charge in [0.25, 0.3) is 0 Å². The molecule has 66 valence electrons. The summed E-state index contributed by atoms with van der Waals surface area (Å²) in [6.07, 6.45) is 2.95. The molecule has 0 atom stereocenters. The third-order valence-corrected chi connectivity index (χ3v) is 2.07. The zero-order valence-electron chi connectivity index (χ0n) is 6.98. The maximum atomic E-state index is 13.0. The van der Waals surface area contributed by atoms with Crippen LogP contribution in [0.5, 0.6) is 0 Å². The molecule has 1 rings (SSSR count). The first-order valence-corrected chi connectivity index (χ1v) is 4.45. The van der Waals surface area contributed by atoms with Crippen LogP contribution in [0.15, 0.2) is 12.3 Å². The van der Waals surface area contributed by atoms with Crippen molar-refractivity contribution in [3.8, 4) is 0 Å². The summed E-state index contributed by atoms with van der Waals surface area (Å²) in [5.41, 5.74) is 1.64. The average molecular weight is 188 g/mol. The summed E-state index contributed by atoms with van der Waals surface area (Å²) in [7, 11) is 0. The number of hydrogen-bond acceptors (Lipinski definition) is 1. The van der Waals surface area contributed by atoms with Crippen LogP contribution < -0.4 is 0 Å². The van der Waals surface area contributed by atoms with Crippen LogP contribution in [0.25, 0.3) is 0 Å². The molecule has 3 heteroatoms. The molecule has 0 saturated carbocycles. The normalized spacial score (nSPS) is 10.2. The van der Waals surface area contributed by atoms with E-state index in [4.69, 9.17) is 11.6 Å². The van der Waals surface area contributed by atoms with Gasteiger partial charge in [-0.15, -0.1) is 11.6 Å². The Hall–Kier alpha value is -0.630. The first-order valence-electron chi connectivity index (χ1n) is 3.91. The van der Waals surface area contributed by atoms with E-state index < -0.39 is 0 Å². The van der Waals surface area contributed by atoms with Crippen molar-refractivity contribution >= 4 is 11.6 Å². The van der Waals surface area contributed by atoms with Gasteiger partial charge in [0.1, 0.15) is 0 Å². The predicted molar refractivity (Wildman–Crippen MR) is 48.0 cm³/mol. The van der Waals surface area contributed by atoms with Gasteiger partial charge in [-0.25, -0.2) is 4.98 Å². The van der Waals surface area contributed by atoms with Gasteiger partial charge in [-0.3, -0.25) is 0 Å². The summed E-state index contributed by atoms with van der Waals surface area (Å²) in [6, 6.07) is 1.81. The summed E-state index contributed by atoms with van der Waals surface area (Å²) in [5, 5.41) is 0. The Labute approximate surface area is 76.6 Å². The molecule has 12 heavy (non-hydrogen) atoms. The third-order valence-electron chi connectivity index (χ3n) is 1.80. The molecule has 0 aliphatic heterocycles. The van der Waals surface area contributed by atoms with E-state index in [1.165, 1.54) is 6.20 Å². The van der Waals surface area contributed by atoms with Crippen LogP contribution in [-0.4, -0.2) is 10.9 Å². The summed E-state index contributed by atoms with van der Waals surface area (Å²) in [5.74, 6) is 0.202. The topological polar surface area (TPSA) is 12.9 Å². The van der Waals surface area contributed by atoms with Gasteiger partial charge in [0.15, 0.2) is 0 Å². The first kappa shape index (κ1) is 9.46. The average Bonchev–Trinajstić information content (AvgIpc) is 2.04. The fourth-order valence-corrected chi connectivity index (χ4v) is 1.23. The molecule has 0 fully saturated rings. The third kappa shape index (κ3) is 2.18. The smallest absolute Gasteiger partial charge is 0.216 e. The molecule has 1 aromatic rings. The number of hydrogen-bond donors (Lipinski definition) is 0. The van der Waals surface area contributed by atoms with Crippen LogP contribution in [0.4, 0.5) is 4.39 Å². The van der Waals surface area contributed by atoms with Crippen LogP contribution in [0.3, 0.4) is 0 Å². The fraction of sp³-hybridized carbons (Fsp3) is 0.444. The van der Waals surface area contributed by atoms with Crippen molar-refractivity contribution in [3.05, 3.63) is 29.3 Å². The first-order chi connectivity index (χ1) is 5.75. The van der Waals surface area contributed by atoms with Crippen molar-refractivity contribution in [3.63, 3.8) is 0 Å². The van der Waals surface area contributed by atoms with Crippen molar-refractivity contribution in [1.82, 2.24) is 4.98 Å². The molecule has 0 amide bonds. The van der Waals surface area contributed by atoms with E-state index in [1.807, 2.05) is 13.0 Å². The minimum atomic E-state index is -0.361. The number of pyridine rings is 1. The largest absolute Gasteiger partial charge is 0.228 e. The number of rotatable bonds is 3. The molecule has 0 aliphatic carbocycles. The van der Waals surface area contributed by atoms with E-state index in [0.717, 1.165) is 12.0 Å². The number of aryl methyl sites for hydroxylation is 1. The highest BCUT2D eigenvalue weighted by atomic mass is 35.5. The number of aromatic nitrogens is 1. The Morgan fingerprint density at radius 2 is 2.33 bits per heavy atom. The number of nitrogens with zero attached hydrogens (tertiary/aromatic N) is 1. The Morgan fingerprint density at radius 3 is 2.92 bits per heavy atom. The Morgan fingerprint density at radius 1 is 1.58 bits per heavy atom. The maximum absolute atomic E-state index is 13.0. The molecule has 0 spiro atoms. The van der Waals surface area contributed by atoms with Gasteiger partial charge < -0.3 is 0 Å². The van der Waals surface area contributed by atoms with Crippen LogP contribution >= 0.6 is 11.6 Å². The van der Waals surface area contributed by atoms with Crippen LogP contribution in [0.2, 0.25) is 0 Å². The standard InChI is InChI=1S/C9H11ClFN/c1-7-4-6-12-9(11)8(7)3-2-5-10/h4,6H,2-3,5H2,1H3. The van der Waals surface area contributed by atoms with Crippen molar-refractivity contribution < 1.29 is 4.39 Å². The maximum Gasteiger partial charge on any atom is 0.216 e. The molecule has 0 radical (unpaired) electrons. The second-order valence-corrected chi connectivity index (χ2v) is 3.07. The molecule has 0 bridgehead atoms. The number of halogens is 2. The fourth-order valence-electron chi connectivity index (χ4n) is 1.10. The zero-order valence-corrected chi connectivity index (χ0v) is 7.74. The molecule has 0 unspecified atom stereocenters. The molecule has 1 nitrogen and oxygen atoms in total. The van der Waals surface area contributed by atoms with Crippen molar-refractivity contribution in [1.29, 1.82) is 0 Å². The highest BCUT2D eigenvalue weighted by molar-refractivity contribution is 6.17. The minimum absolute atomic E-state index is 0.361. The van der Waals surface area contributed by atoms with E-state index >= 15 is 0 Å². The van der Waals surface area contributed by atoms with Crippen molar-refractivity contribution in [2.24, 2.45) is 0 Å². The van der Waals surface area contributed by atoms with Crippen LogP contribution in [0.1, 0.15) is 17.5 Å². The highest BCUT2D eigenvalue weighted by Gasteiger charge is 2.04. The van der Waals surface area contributed by atoms with E-state index in [1.54, 1.807) is 0 Å². The van der Waals surface area contributed by atoms with E-state index in [-0.39, 0.29) is 5.95 Å². The monoisotopic (exact) mass is 187 g/mol. The van der Waals surface area contributed by atoms with Crippen molar-refractivity contribution in [2.45, 2.75) is 19.8 Å². The second kappa shape index (κ2) is 4.41. The van der Waals surface area contributed by atoms with Crippen LogP contribution in [-0.2, 0) is 6.42 Å². The SMILES string of the molecule is Cc1ccnc(F)c1CCCCl. The van der Waals surface area contributed by atoms with Gasteiger partial charge in [-0.05, 0) is 31.4 Å². The molecular weight excluding hydrogens is 177 g/mol. The molecule has 1 heterocycles. The zero-order chi connectivity index (χ0) is 8.97. The molecule has 0 saturated heterocycles. The molecule has 1 aromatic heterocycles. The lowest BCUT2D eigenvalue weighted by atomic mass is 10.1. The molecule has 0 aromatic carbocycles. The van der Waals surface area contributed by atoms with Gasteiger partial charge in [-0.2, -0.15) is 4.39 Å². The second-order valence-electron chi connectivity index (χ2n) is 2.69. The summed E-state index contributed by atoms with van der Waals surface area (Å²) >= 11 is 5.51. The number of alkyl halides is 1. The van der Waals surface area contributed by atoms with Crippen molar-refractivity contribution in [2.75, 3.05) is 5.88 Å². The lowest BCUT2D eigenvalue weighted by Gasteiger charge is -2.03. The predicted octanol–water partition coefficient (Wildman–Crippen LogP) is 2.70. The Kier molecular flexibility index (Phi) is 3.48. The Balaban J connectivity index is 2.81. The van der Waals surface area contributed by atoms with Gasteiger partial charge in [0, 0.05) is 17.6 Å². The van der Waals surface area contributed by atoms with E-state index in [0.29, 0.717) is 17.9 Å². The lowest BCUT2D eigenvalue weighted by Crippen LogP contribution is -1.97. The minimum Gasteiger partial charge on any atom is -0.228 e. The van der Waals surface area contributed by atoms with Gasteiger partial charge in [0.2, 0.25) is 5.95 Å².